The van der Waals surface area contributed by atoms with Gasteiger partial charge in [0.05, 0.1) is 13.2 Å². The predicted molar refractivity (Wildman–Crippen MR) is 171 cm³/mol. The zero-order valence-corrected chi connectivity index (χ0v) is 25.6. The average Bonchev–Trinajstić information content (AvgIpc) is 3.01. The lowest BCUT2D eigenvalue weighted by atomic mass is 10.1. The molecule has 0 bridgehead atoms. The van der Waals surface area contributed by atoms with E-state index >= 15 is 0 Å². The van der Waals surface area contributed by atoms with Crippen LogP contribution >= 0.6 is 0 Å². The fraction of sp³-hybridized carbons (Fsp3) is 0.405. The van der Waals surface area contributed by atoms with Gasteiger partial charge in [-0.2, -0.15) is 0 Å². The van der Waals surface area contributed by atoms with Gasteiger partial charge in [0.2, 0.25) is 0 Å². The van der Waals surface area contributed by atoms with E-state index in [0.717, 1.165) is 82.5 Å². The molecule has 0 aliphatic rings. The van der Waals surface area contributed by atoms with Crippen molar-refractivity contribution in [2.45, 2.75) is 85.5 Å². The van der Waals surface area contributed by atoms with E-state index in [2.05, 4.69) is 91.4 Å². The molecule has 218 valence electrons. The van der Waals surface area contributed by atoms with Crippen molar-refractivity contribution in [2.75, 3.05) is 13.2 Å². The van der Waals surface area contributed by atoms with Crippen LogP contribution in [0, 0.1) is 0 Å². The van der Waals surface area contributed by atoms with Gasteiger partial charge in [-0.25, -0.2) is 0 Å². The number of aromatic nitrogens is 2. The molecule has 2 aromatic carbocycles. The van der Waals surface area contributed by atoms with Gasteiger partial charge in [0.25, 0.3) is 0 Å². The van der Waals surface area contributed by atoms with Crippen molar-refractivity contribution in [3.8, 4) is 11.5 Å². The van der Waals surface area contributed by atoms with E-state index in [1.54, 1.807) is 0 Å². The zero-order valence-electron chi connectivity index (χ0n) is 25.6. The molecule has 4 aromatic rings. The summed E-state index contributed by atoms with van der Waals surface area (Å²) < 4.78 is 11.0. The summed E-state index contributed by atoms with van der Waals surface area (Å²) in [5.74, 6) is 1.91. The van der Waals surface area contributed by atoms with Gasteiger partial charge in [0, 0.05) is 23.8 Å². The van der Waals surface area contributed by atoms with Gasteiger partial charge in [-0.05, 0) is 111 Å². The number of aryl methyl sites for hydroxylation is 6. The topological polar surface area (TPSA) is 44.2 Å². The van der Waals surface area contributed by atoms with Gasteiger partial charge < -0.3 is 9.47 Å². The molecule has 0 aliphatic heterocycles. The van der Waals surface area contributed by atoms with Gasteiger partial charge >= 0.3 is 0 Å². The first-order valence-corrected chi connectivity index (χ1v) is 15.4. The highest BCUT2D eigenvalue weighted by molar-refractivity contribution is 5.29. The van der Waals surface area contributed by atoms with Crippen LogP contribution in [0.1, 0.15) is 80.6 Å². The van der Waals surface area contributed by atoms with Crippen molar-refractivity contribution in [2.24, 2.45) is 0 Å². The lowest BCUT2D eigenvalue weighted by molar-refractivity contribution is 0.317. The Labute approximate surface area is 248 Å². The number of pyridine rings is 2. The normalized spacial score (nSPS) is 10.5. The summed E-state index contributed by atoms with van der Waals surface area (Å²) in [7, 11) is 0. The van der Waals surface area contributed by atoms with Crippen molar-refractivity contribution in [1.29, 1.82) is 0 Å². The van der Waals surface area contributed by atoms with Crippen molar-refractivity contribution in [3.63, 3.8) is 0 Å². The summed E-state index contributed by atoms with van der Waals surface area (Å²) in [5.41, 5.74) is 7.68. The second kappa shape index (κ2) is 18.6. The number of rotatable bonds is 15. The van der Waals surface area contributed by atoms with Gasteiger partial charge in [-0.15, -0.1) is 0 Å². The molecule has 4 rings (SSSR count). The Kier molecular flexibility index (Phi) is 14.5. The molecule has 41 heavy (non-hydrogen) atoms. The van der Waals surface area contributed by atoms with Gasteiger partial charge in [0.1, 0.15) is 11.5 Å². The molecule has 0 fully saturated rings. The monoisotopic (exact) mass is 552 g/mol. The molecule has 4 heteroatoms. The van der Waals surface area contributed by atoms with Crippen molar-refractivity contribution in [3.05, 3.63) is 119 Å². The van der Waals surface area contributed by atoms with Gasteiger partial charge in [-0.3, -0.25) is 9.97 Å². The first-order valence-electron chi connectivity index (χ1n) is 15.4. The maximum absolute atomic E-state index is 5.60. The SMILES string of the molecule is CCCOc1ccc(CCc2ccc(CCC)nc2)cc1.CCCc1ccc(CCc2ccc(OCC)cc2)cn1. The molecule has 0 aliphatic carbocycles. The Morgan fingerprint density at radius 2 is 0.854 bits per heavy atom. The number of hydrogen-bond donors (Lipinski definition) is 0. The Morgan fingerprint density at radius 3 is 1.22 bits per heavy atom. The summed E-state index contributed by atoms with van der Waals surface area (Å²) in [6.07, 6.45) is 13.7. The molecule has 0 N–H and O–H groups in total. The average molecular weight is 553 g/mol. The van der Waals surface area contributed by atoms with Crippen LogP contribution in [0.25, 0.3) is 0 Å². The highest BCUT2D eigenvalue weighted by atomic mass is 16.5. The number of nitrogens with zero attached hydrogens (tertiary/aromatic N) is 2. The van der Waals surface area contributed by atoms with Crippen LogP contribution in [0.2, 0.25) is 0 Å². The van der Waals surface area contributed by atoms with Crippen LogP contribution < -0.4 is 9.47 Å². The molecule has 0 saturated carbocycles. The van der Waals surface area contributed by atoms with Crippen LogP contribution in [0.3, 0.4) is 0 Å². The Hall–Kier alpha value is -3.66. The third-order valence-electron chi connectivity index (χ3n) is 6.82. The minimum atomic E-state index is 0.717. The molecular weight excluding hydrogens is 504 g/mol. The number of ether oxygens (including phenoxy) is 2. The zero-order chi connectivity index (χ0) is 29.1. The minimum Gasteiger partial charge on any atom is -0.494 e. The summed E-state index contributed by atoms with van der Waals surface area (Å²) in [4.78, 5) is 9.01. The highest BCUT2D eigenvalue weighted by Crippen LogP contribution is 2.16. The Bertz CT molecular complexity index is 1170. The first kappa shape index (κ1) is 31.9. The standard InChI is InChI=1S/C19H25NO.C18H23NO/c1-3-5-18-11-8-17(15-20-18)7-6-16-9-12-19(13-10-16)21-14-4-2;1-3-5-17-11-8-16(14-19-17)7-6-15-9-12-18(13-10-15)20-4-2/h8-13,15H,3-7,14H2,1-2H3;8-14H,3-7H2,1-2H3. The van der Waals surface area contributed by atoms with Gasteiger partial charge in [-0.1, -0.05) is 70.0 Å². The molecule has 2 aromatic heterocycles. The molecule has 2 heterocycles. The molecule has 0 unspecified atom stereocenters. The Balaban J connectivity index is 0.000000226. The quantitative estimate of drug-likeness (QED) is 0.148. The molecule has 0 spiro atoms. The molecule has 4 nitrogen and oxygen atoms in total. The number of benzene rings is 2. The maximum atomic E-state index is 5.60. The molecular formula is C37H48N2O2. The smallest absolute Gasteiger partial charge is 0.119 e. The minimum absolute atomic E-state index is 0.717. The lowest BCUT2D eigenvalue weighted by Crippen LogP contribution is -1.96. The lowest BCUT2D eigenvalue weighted by Gasteiger charge is -2.06. The highest BCUT2D eigenvalue weighted by Gasteiger charge is 2.01. The molecule has 0 amide bonds. The predicted octanol–water partition coefficient (Wildman–Crippen LogP) is 8.83. The second-order valence-corrected chi connectivity index (χ2v) is 10.4. The van der Waals surface area contributed by atoms with Crippen molar-refractivity contribution >= 4 is 0 Å². The van der Waals surface area contributed by atoms with Crippen LogP contribution in [0.4, 0.5) is 0 Å². The summed E-state index contributed by atoms with van der Waals surface area (Å²) >= 11 is 0. The molecule has 0 saturated heterocycles. The van der Waals surface area contributed by atoms with Crippen molar-refractivity contribution < 1.29 is 9.47 Å². The molecule has 0 atom stereocenters. The molecule has 0 radical (unpaired) electrons. The largest absolute Gasteiger partial charge is 0.494 e. The third kappa shape index (κ3) is 12.2. The van der Waals surface area contributed by atoms with Crippen LogP contribution in [-0.4, -0.2) is 23.2 Å². The van der Waals surface area contributed by atoms with E-state index in [4.69, 9.17) is 9.47 Å². The third-order valence-corrected chi connectivity index (χ3v) is 6.82. The van der Waals surface area contributed by atoms with E-state index < -0.39 is 0 Å². The van der Waals surface area contributed by atoms with E-state index in [0.29, 0.717) is 0 Å². The van der Waals surface area contributed by atoms with E-state index in [1.807, 2.05) is 31.5 Å². The summed E-state index contributed by atoms with van der Waals surface area (Å²) in [6.45, 7) is 9.99. The van der Waals surface area contributed by atoms with Crippen LogP contribution in [0.15, 0.2) is 85.2 Å². The fourth-order valence-electron chi connectivity index (χ4n) is 4.48. The summed E-state index contributed by atoms with van der Waals surface area (Å²) in [6, 6.07) is 25.5. The summed E-state index contributed by atoms with van der Waals surface area (Å²) in [5, 5.41) is 0. The van der Waals surface area contributed by atoms with Crippen molar-refractivity contribution in [1.82, 2.24) is 9.97 Å². The fourth-order valence-corrected chi connectivity index (χ4v) is 4.48. The Morgan fingerprint density at radius 1 is 0.439 bits per heavy atom. The number of hydrogen-bond acceptors (Lipinski definition) is 4. The van der Waals surface area contributed by atoms with Gasteiger partial charge in [0.15, 0.2) is 0 Å². The van der Waals surface area contributed by atoms with Crippen LogP contribution in [-0.2, 0) is 38.5 Å². The van der Waals surface area contributed by atoms with Crippen LogP contribution in [0.5, 0.6) is 11.5 Å². The first-order chi connectivity index (χ1) is 20.1. The van der Waals surface area contributed by atoms with E-state index in [9.17, 15) is 0 Å². The van der Waals surface area contributed by atoms with E-state index in [1.165, 1.54) is 33.6 Å². The second-order valence-electron chi connectivity index (χ2n) is 10.4. The maximum Gasteiger partial charge on any atom is 0.119 e. The van der Waals surface area contributed by atoms with E-state index in [-0.39, 0.29) is 0 Å².